The highest BCUT2D eigenvalue weighted by Gasteiger charge is 2.34. The van der Waals surface area contributed by atoms with Gasteiger partial charge in [-0.3, -0.25) is 4.98 Å². The molecule has 3 nitrogen and oxygen atoms in total. The molecule has 1 saturated heterocycles. The molecule has 1 aromatic heterocycles. The van der Waals surface area contributed by atoms with E-state index < -0.39 is 5.60 Å². The van der Waals surface area contributed by atoms with Crippen molar-refractivity contribution in [3.05, 3.63) is 59.9 Å². The molecule has 2 aromatic rings. The lowest BCUT2D eigenvalue weighted by molar-refractivity contribution is 0.0114. The molecule has 1 aromatic carbocycles. The summed E-state index contributed by atoms with van der Waals surface area (Å²) in [5.41, 5.74) is 2.43. The third-order valence-corrected chi connectivity index (χ3v) is 4.16. The highest BCUT2D eigenvalue weighted by Crippen LogP contribution is 2.34. The van der Waals surface area contributed by atoms with Gasteiger partial charge < -0.3 is 10.0 Å². The molecule has 3 rings (SSSR count). The normalized spacial score (nSPS) is 18.0. The largest absolute Gasteiger partial charge is 0.385 e. The molecule has 2 heterocycles. The first kappa shape index (κ1) is 13.1. The van der Waals surface area contributed by atoms with Gasteiger partial charge in [-0.05, 0) is 38.0 Å². The van der Waals surface area contributed by atoms with E-state index in [9.17, 15) is 5.11 Å². The molecule has 0 spiro atoms. The van der Waals surface area contributed by atoms with E-state index in [0.29, 0.717) is 0 Å². The van der Waals surface area contributed by atoms with E-state index in [-0.39, 0.29) is 0 Å². The number of aryl methyl sites for hydroxylation is 1. The highest BCUT2D eigenvalue weighted by molar-refractivity contribution is 5.46. The molecule has 0 unspecified atom stereocenters. The van der Waals surface area contributed by atoms with Crippen molar-refractivity contribution in [3.8, 4) is 0 Å². The Bertz CT molecular complexity index is 557. The predicted molar refractivity (Wildman–Crippen MR) is 80.8 cm³/mol. The van der Waals surface area contributed by atoms with Gasteiger partial charge >= 0.3 is 0 Å². The lowest BCUT2D eigenvalue weighted by Crippen LogP contribution is -2.42. The molecular weight excluding hydrogens is 248 g/mol. The molecule has 104 valence electrons. The van der Waals surface area contributed by atoms with Crippen LogP contribution in [0.3, 0.4) is 0 Å². The first-order chi connectivity index (χ1) is 9.67. The Balaban J connectivity index is 1.73. The number of nitrogens with zero attached hydrogens (tertiary/aromatic N) is 2. The summed E-state index contributed by atoms with van der Waals surface area (Å²) in [6.07, 6.45) is 3.30. The van der Waals surface area contributed by atoms with Crippen LogP contribution >= 0.6 is 0 Å². The molecule has 3 heteroatoms. The molecule has 0 saturated carbocycles. The summed E-state index contributed by atoms with van der Waals surface area (Å²) in [7, 11) is 0. The Kier molecular flexibility index (Phi) is 3.45. The van der Waals surface area contributed by atoms with E-state index in [4.69, 9.17) is 0 Å². The van der Waals surface area contributed by atoms with Crippen LogP contribution in [-0.4, -0.2) is 23.2 Å². The van der Waals surface area contributed by atoms with Crippen LogP contribution in [0, 0.1) is 6.92 Å². The molecule has 1 aliphatic heterocycles. The fourth-order valence-corrected chi connectivity index (χ4v) is 2.81. The Morgan fingerprint density at radius 1 is 1.05 bits per heavy atom. The molecule has 1 aliphatic rings. The number of benzene rings is 1. The van der Waals surface area contributed by atoms with Gasteiger partial charge in [0.1, 0.15) is 0 Å². The van der Waals surface area contributed by atoms with Crippen molar-refractivity contribution in [1.82, 2.24) is 4.98 Å². The number of aliphatic hydroxyl groups is 1. The van der Waals surface area contributed by atoms with Crippen molar-refractivity contribution in [1.29, 1.82) is 0 Å². The van der Waals surface area contributed by atoms with Crippen molar-refractivity contribution in [2.75, 3.05) is 18.0 Å². The molecule has 0 aliphatic carbocycles. The molecule has 0 bridgehead atoms. The van der Waals surface area contributed by atoms with Gasteiger partial charge in [-0.2, -0.15) is 0 Å². The summed E-state index contributed by atoms with van der Waals surface area (Å²) in [5, 5.41) is 10.8. The first-order valence-corrected chi connectivity index (χ1v) is 7.13. The molecule has 1 fully saturated rings. The second-order valence-corrected chi connectivity index (χ2v) is 5.54. The quantitative estimate of drug-likeness (QED) is 0.910. The van der Waals surface area contributed by atoms with Crippen molar-refractivity contribution in [3.63, 3.8) is 0 Å². The summed E-state index contributed by atoms with van der Waals surface area (Å²) in [4.78, 5) is 6.63. The fourth-order valence-electron chi connectivity index (χ4n) is 2.81. The van der Waals surface area contributed by atoms with E-state index in [2.05, 4.69) is 34.1 Å². The minimum absolute atomic E-state index is 0.730. The molecule has 20 heavy (non-hydrogen) atoms. The zero-order valence-corrected chi connectivity index (χ0v) is 11.8. The minimum atomic E-state index is -0.730. The highest BCUT2D eigenvalue weighted by atomic mass is 16.3. The summed E-state index contributed by atoms with van der Waals surface area (Å²) in [6.45, 7) is 3.70. The van der Waals surface area contributed by atoms with Crippen LogP contribution in [0.4, 0.5) is 5.69 Å². The van der Waals surface area contributed by atoms with E-state index >= 15 is 0 Å². The van der Waals surface area contributed by atoms with Crippen LogP contribution in [0.2, 0.25) is 0 Å². The van der Waals surface area contributed by atoms with Crippen molar-refractivity contribution < 1.29 is 5.11 Å². The maximum Gasteiger partial charge on any atom is 0.0945 e. The Morgan fingerprint density at radius 2 is 1.75 bits per heavy atom. The first-order valence-electron chi connectivity index (χ1n) is 7.13. The van der Waals surface area contributed by atoms with Crippen LogP contribution in [0.1, 0.15) is 24.1 Å². The monoisotopic (exact) mass is 268 g/mol. The van der Waals surface area contributed by atoms with E-state index in [1.165, 1.54) is 5.69 Å². The van der Waals surface area contributed by atoms with Gasteiger partial charge in [0.25, 0.3) is 0 Å². The Labute approximate surface area is 119 Å². The van der Waals surface area contributed by atoms with Gasteiger partial charge in [-0.25, -0.2) is 0 Å². The van der Waals surface area contributed by atoms with Crippen molar-refractivity contribution in [2.24, 2.45) is 0 Å². The number of anilines is 1. The third kappa shape index (κ3) is 2.54. The lowest BCUT2D eigenvalue weighted by atomic mass is 9.85. The molecule has 0 amide bonds. The number of hydrogen-bond acceptors (Lipinski definition) is 3. The van der Waals surface area contributed by atoms with Gasteiger partial charge in [-0.1, -0.05) is 24.3 Å². The van der Waals surface area contributed by atoms with Crippen molar-refractivity contribution in [2.45, 2.75) is 25.4 Å². The third-order valence-electron chi connectivity index (χ3n) is 4.16. The van der Waals surface area contributed by atoms with Crippen LogP contribution in [0.5, 0.6) is 0 Å². The van der Waals surface area contributed by atoms with E-state index in [1.54, 1.807) is 0 Å². The van der Waals surface area contributed by atoms with Gasteiger partial charge in [0, 0.05) is 36.2 Å². The Morgan fingerprint density at radius 3 is 2.35 bits per heavy atom. The fraction of sp³-hybridized carbons (Fsp3) is 0.353. The number of rotatable bonds is 2. The second-order valence-electron chi connectivity index (χ2n) is 5.54. The smallest absolute Gasteiger partial charge is 0.0945 e. The van der Waals surface area contributed by atoms with Gasteiger partial charge in [-0.15, -0.1) is 0 Å². The number of pyridine rings is 1. The molecular formula is C17H20N2O. The molecule has 1 N–H and O–H groups in total. The number of piperidine rings is 1. The summed E-state index contributed by atoms with van der Waals surface area (Å²) in [6, 6.07) is 14.4. The van der Waals surface area contributed by atoms with Gasteiger partial charge in [0.15, 0.2) is 0 Å². The lowest BCUT2D eigenvalue weighted by Gasteiger charge is -2.39. The second kappa shape index (κ2) is 5.25. The predicted octanol–water partition coefficient (Wildman–Crippen LogP) is 2.88. The molecule has 0 radical (unpaired) electrons. The average molecular weight is 268 g/mol. The van der Waals surface area contributed by atoms with Crippen LogP contribution < -0.4 is 4.90 Å². The number of para-hydroxylation sites is 1. The van der Waals surface area contributed by atoms with Crippen LogP contribution in [0.25, 0.3) is 0 Å². The topological polar surface area (TPSA) is 36.4 Å². The van der Waals surface area contributed by atoms with E-state index in [1.807, 2.05) is 31.3 Å². The Hall–Kier alpha value is -1.87. The maximum absolute atomic E-state index is 10.8. The average Bonchev–Trinajstić information content (AvgIpc) is 2.49. The SMILES string of the molecule is Cc1ccc(C2(O)CCN(c3ccccc3)CC2)cn1. The number of hydrogen-bond donors (Lipinski definition) is 1. The maximum atomic E-state index is 10.8. The van der Waals surface area contributed by atoms with Crippen LogP contribution in [0.15, 0.2) is 48.7 Å². The van der Waals surface area contributed by atoms with Gasteiger partial charge in [0.05, 0.1) is 5.60 Å². The molecule has 0 atom stereocenters. The summed E-state index contributed by atoms with van der Waals surface area (Å²) >= 11 is 0. The zero-order valence-electron chi connectivity index (χ0n) is 11.8. The standard InChI is InChI=1S/C17H20N2O/c1-14-7-8-15(13-18-14)17(20)9-11-19(12-10-17)16-5-3-2-4-6-16/h2-8,13,20H,9-12H2,1H3. The number of aromatic nitrogens is 1. The van der Waals surface area contributed by atoms with Crippen molar-refractivity contribution >= 4 is 5.69 Å². The van der Waals surface area contributed by atoms with Gasteiger partial charge in [0.2, 0.25) is 0 Å². The summed E-state index contributed by atoms with van der Waals surface area (Å²) < 4.78 is 0. The minimum Gasteiger partial charge on any atom is -0.385 e. The summed E-state index contributed by atoms with van der Waals surface area (Å²) in [5.74, 6) is 0. The zero-order chi connectivity index (χ0) is 14.0. The van der Waals surface area contributed by atoms with E-state index in [0.717, 1.165) is 37.2 Å². The van der Waals surface area contributed by atoms with Crippen LogP contribution in [-0.2, 0) is 5.60 Å².